The molecule has 1 aromatic heterocycles. The van der Waals surface area contributed by atoms with Crippen molar-refractivity contribution >= 4 is 29.2 Å². The second-order valence-electron chi connectivity index (χ2n) is 8.07. The van der Waals surface area contributed by atoms with Gasteiger partial charge in [0.25, 0.3) is 0 Å². The largest absolute Gasteiger partial charge is 0.486 e. The van der Waals surface area contributed by atoms with Crippen LogP contribution in [0.4, 0.5) is 9.18 Å². The Labute approximate surface area is 206 Å². The van der Waals surface area contributed by atoms with Gasteiger partial charge in [0.15, 0.2) is 5.82 Å². The molecule has 4 rings (SSSR count). The van der Waals surface area contributed by atoms with E-state index in [0.717, 1.165) is 30.5 Å². The number of piperidine rings is 1. The molecule has 0 radical (unpaired) electrons. The van der Waals surface area contributed by atoms with E-state index in [1.165, 1.54) is 12.1 Å². The summed E-state index contributed by atoms with van der Waals surface area (Å²) in [6.07, 6.45) is 4.66. The lowest BCUT2D eigenvalue weighted by Crippen LogP contribution is -2.49. The van der Waals surface area contributed by atoms with Gasteiger partial charge in [-0.25, -0.2) is 19.2 Å². The Kier molecular flexibility index (Phi) is 7.50. The Hall–Kier alpha value is -2.94. The number of primary amides is 1. The van der Waals surface area contributed by atoms with Crippen LogP contribution in [0.2, 0.25) is 10.0 Å². The average molecular weight is 504 g/mol. The molecule has 2 heterocycles. The van der Waals surface area contributed by atoms with E-state index in [4.69, 9.17) is 33.7 Å². The normalized spacial score (nSPS) is 18.8. The number of nitrogens with zero attached hydrogens (tertiary/aromatic N) is 2. The number of aromatic nitrogens is 2. The molecule has 3 unspecified atom stereocenters. The van der Waals surface area contributed by atoms with Crippen molar-refractivity contribution in [1.29, 1.82) is 0 Å². The smallest absolute Gasteiger partial charge is 0.312 e. The maximum Gasteiger partial charge on any atom is 0.312 e. The van der Waals surface area contributed by atoms with E-state index in [-0.39, 0.29) is 17.1 Å². The first-order valence-corrected chi connectivity index (χ1v) is 11.6. The van der Waals surface area contributed by atoms with Gasteiger partial charge in [-0.15, -0.1) is 0 Å². The van der Waals surface area contributed by atoms with Gasteiger partial charge in [0.05, 0.1) is 17.1 Å². The zero-order valence-corrected chi connectivity index (χ0v) is 19.9. The van der Waals surface area contributed by atoms with E-state index in [0.29, 0.717) is 22.2 Å². The topological polar surface area (TPSA) is 102 Å². The molecular weight excluding hydrogens is 480 g/mol. The van der Waals surface area contributed by atoms with Crippen LogP contribution in [0.25, 0.3) is 11.4 Å². The van der Waals surface area contributed by atoms with E-state index < -0.39 is 18.0 Å². The molecule has 0 aliphatic carbocycles. The molecule has 0 saturated carbocycles. The lowest BCUT2D eigenvalue weighted by atomic mass is 9.94. The molecule has 1 saturated heterocycles. The number of benzene rings is 2. The number of halogens is 3. The molecule has 178 valence electrons. The van der Waals surface area contributed by atoms with E-state index in [9.17, 15) is 9.18 Å². The number of carbonyl (C=O) groups is 1. The molecule has 7 nitrogen and oxygen atoms in total. The third kappa shape index (κ3) is 5.41. The molecule has 2 amide bonds. The molecule has 3 aromatic rings. The van der Waals surface area contributed by atoms with E-state index >= 15 is 0 Å². The second-order valence-corrected chi connectivity index (χ2v) is 8.86. The van der Waals surface area contributed by atoms with Crippen LogP contribution in [-0.2, 0) is 0 Å². The summed E-state index contributed by atoms with van der Waals surface area (Å²) in [6.45, 7) is 2.58. The number of nitrogens with one attached hydrogen (secondary N) is 2. The van der Waals surface area contributed by atoms with Crippen molar-refractivity contribution in [3.05, 3.63) is 75.8 Å². The van der Waals surface area contributed by atoms with Crippen molar-refractivity contribution in [3.8, 4) is 17.1 Å². The minimum atomic E-state index is -0.582. The molecule has 1 aliphatic rings. The standard InChI is InChI=1S/C24H24Cl2FN5O2/c1-13(20-17(25)7-8-18(27)21(20)26)34-16-5-2-4-14(10-16)23-30-11-15(12-31-23)22-19(32-24(28)33)6-3-9-29-22/h2,4-5,7-8,10-13,19,22,29H,3,6,9H2,1H3,(H3,28,32,33). The van der Waals surface area contributed by atoms with Gasteiger partial charge < -0.3 is 21.1 Å². The monoisotopic (exact) mass is 503 g/mol. The van der Waals surface area contributed by atoms with Crippen LogP contribution in [0.15, 0.2) is 48.8 Å². The lowest BCUT2D eigenvalue weighted by molar-refractivity contribution is 0.226. The van der Waals surface area contributed by atoms with Crippen molar-refractivity contribution in [2.45, 2.75) is 38.0 Å². The maximum absolute atomic E-state index is 13.9. The number of amides is 2. The van der Waals surface area contributed by atoms with Crippen molar-refractivity contribution in [1.82, 2.24) is 20.6 Å². The molecule has 10 heteroatoms. The highest BCUT2D eigenvalue weighted by Crippen LogP contribution is 2.35. The highest BCUT2D eigenvalue weighted by molar-refractivity contribution is 6.36. The summed E-state index contributed by atoms with van der Waals surface area (Å²) in [5.41, 5.74) is 7.31. The van der Waals surface area contributed by atoms with Gasteiger partial charge in [0.1, 0.15) is 17.7 Å². The fourth-order valence-electron chi connectivity index (χ4n) is 4.11. The van der Waals surface area contributed by atoms with Crippen LogP contribution in [0.1, 0.15) is 43.0 Å². The zero-order chi connectivity index (χ0) is 24.2. The average Bonchev–Trinajstić information content (AvgIpc) is 2.82. The first-order valence-electron chi connectivity index (χ1n) is 10.8. The van der Waals surface area contributed by atoms with Crippen molar-refractivity contribution in [2.75, 3.05) is 6.54 Å². The number of hydrogen-bond acceptors (Lipinski definition) is 5. The second kappa shape index (κ2) is 10.5. The van der Waals surface area contributed by atoms with Crippen LogP contribution in [0.3, 0.4) is 0 Å². The summed E-state index contributed by atoms with van der Waals surface area (Å²) in [6, 6.07) is 9.13. The maximum atomic E-state index is 13.9. The summed E-state index contributed by atoms with van der Waals surface area (Å²) in [5.74, 6) is 0.493. The van der Waals surface area contributed by atoms with Gasteiger partial charge in [-0.3, -0.25) is 0 Å². The quantitative estimate of drug-likeness (QED) is 0.401. The molecule has 0 bridgehead atoms. The van der Waals surface area contributed by atoms with Crippen molar-refractivity contribution in [3.63, 3.8) is 0 Å². The fourth-order valence-corrected chi connectivity index (χ4v) is 4.79. The van der Waals surface area contributed by atoms with Gasteiger partial charge in [-0.2, -0.15) is 0 Å². The first kappa shape index (κ1) is 24.2. The Bertz CT molecular complexity index is 1180. The SMILES string of the molecule is CC(Oc1cccc(-c2ncc(C3NCCCC3NC(N)=O)cn2)c1)c1c(Cl)ccc(F)c1Cl. The van der Waals surface area contributed by atoms with Crippen LogP contribution in [0.5, 0.6) is 5.75 Å². The highest BCUT2D eigenvalue weighted by atomic mass is 35.5. The van der Waals surface area contributed by atoms with Gasteiger partial charge in [-0.1, -0.05) is 35.3 Å². The Morgan fingerprint density at radius 1 is 1.26 bits per heavy atom. The summed E-state index contributed by atoms with van der Waals surface area (Å²) in [4.78, 5) is 20.4. The number of nitrogens with two attached hydrogens (primary N) is 1. The summed E-state index contributed by atoms with van der Waals surface area (Å²) >= 11 is 12.3. The Morgan fingerprint density at radius 3 is 2.76 bits per heavy atom. The summed E-state index contributed by atoms with van der Waals surface area (Å²) in [7, 11) is 0. The minimum Gasteiger partial charge on any atom is -0.486 e. The summed E-state index contributed by atoms with van der Waals surface area (Å²) < 4.78 is 19.9. The lowest BCUT2D eigenvalue weighted by Gasteiger charge is -2.32. The van der Waals surface area contributed by atoms with Crippen LogP contribution in [-0.4, -0.2) is 28.6 Å². The summed E-state index contributed by atoms with van der Waals surface area (Å²) in [5, 5.41) is 6.45. The zero-order valence-electron chi connectivity index (χ0n) is 18.4. The fraction of sp³-hybridized carbons (Fsp3) is 0.292. The van der Waals surface area contributed by atoms with Gasteiger partial charge >= 0.3 is 6.03 Å². The molecule has 1 aliphatic heterocycles. The predicted molar refractivity (Wildman–Crippen MR) is 129 cm³/mol. The molecule has 34 heavy (non-hydrogen) atoms. The van der Waals surface area contributed by atoms with E-state index in [2.05, 4.69) is 20.6 Å². The van der Waals surface area contributed by atoms with Crippen LogP contribution >= 0.6 is 23.2 Å². The molecule has 2 aromatic carbocycles. The van der Waals surface area contributed by atoms with Crippen LogP contribution in [0, 0.1) is 5.82 Å². The predicted octanol–water partition coefficient (Wildman–Crippen LogP) is 5.19. The van der Waals surface area contributed by atoms with E-state index in [1.807, 2.05) is 12.1 Å². The highest BCUT2D eigenvalue weighted by Gasteiger charge is 2.27. The van der Waals surface area contributed by atoms with Gasteiger partial charge in [0, 0.05) is 34.1 Å². The number of ether oxygens (including phenoxy) is 1. The number of rotatable bonds is 6. The third-order valence-corrected chi connectivity index (χ3v) is 6.42. The number of hydrogen-bond donors (Lipinski definition) is 3. The number of urea groups is 1. The molecule has 4 N–H and O–H groups in total. The van der Waals surface area contributed by atoms with Crippen molar-refractivity contribution < 1.29 is 13.9 Å². The van der Waals surface area contributed by atoms with Crippen LogP contribution < -0.4 is 21.1 Å². The molecular formula is C24H24Cl2FN5O2. The molecule has 3 atom stereocenters. The third-order valence-electron chi connectivity index (χ3n) is 5.71. The van der Waals surface area contributed by atoms with E-state index in [1.54, 1.807) is 31.5 Å². The number of carbonyl (C=O) groups excluding carboxylic acids is 1. The Balaban J connectivity index is 1.52. The molecule has 1 fully saturated rings. The molecule has 0 spiro atoms. The Morgan fingerprint density at radius 2 is 2.03 bits per heavy atom. The minimum absolute atomic E-state index is 0.0597. The van der Waals surface area contributed by atoms with Gasteiger partial charge in [0.2, 0.25) is 0 Å². The first-order chi connectivity index (χ1) is 16.3. The van der Waals surface area contributed by atoms with Gasteiger partial charge in [-0.05, 0) is 50.6 Å². The van der Waals surface area contributed by atoms with Crippen molar-refractivity contribution in [2.24, 2.45) is 5.73 Å².